The number of hydrogen-bond donors (Lipinski definition) is 4. The maximum atomic E-state index is 6.50. The second-order valence-corrected chi connectivity index (χ2v) is 8.46. The molecule has 178 valence electrons. The molecule has 33 heavy (non-hydrogen) atoms. The Morgan fingerprint density at radius 3 is 2.39 bits per heavy atom. The Kier molecular flexibility index (Phi) is 8.51. The van der Waals surface area contributed by atoms with Crippen molar-refractivity contribution < 1.29 is 4.74 Å². The molecular formula is C24H36N8O. The quantitative estimate of drug-likeness (QED) is 0.207. The van der Waals surface area contributed by atoms with Gasteiger partial charge in [-0.1, -0.05) is 36.8 Å². The van der Waals surface area contributed by atoms with Gasteiger partial charge in [0.25, 0.3) is 0 Å². The van der Waals surface area contributed by atoms with Gasteiger partial charge in [0.1, 0.15) is 11.6 Å². The number of benzene rings is 1. The summed E-state index contributed by atoms with van der Waals surface area (Å²) >= 11 is 0. The Hall–Kier alpha value is -3.30. The molecule has 8 N–H and O–H groups in total. The van der Waals surface area contributed by atoms with Crippen LogP contribution in [0.5, 0.6) is 5.75 Å². The Balaban J connectivity index is 1.78. The van der Waals surface area contributed by atoms with Crippen LogP contribution in [0.4, 0.5) is 0 Å². The summed E-state index contributed by atoms with van der Waals surface area (Å²) in [6.45, 7) is 2.37. The molecule has 1 aromatic heterocycles. The molecule has 1 aliphatic rings. The van der Waals surface area contributed by atoms with Crippen LogP contribution in [-0.4, -0.2) is 34.0 Å². The first-order valence-corrected chi connectivity index (χ1v) is 11.3. The minimum atomic E-state index is 0.250. The Morgan fingerprint density at radius 1 is 1.09 bits per heavy atom. The normalized spacial score (nSPS) is 15.7. The lowest BCUT2D eigenvalue weighted by atomic mass is 9.98. The standard InChI is InChI=1S/C24H36N8O/c1-17-22(33-19-11-7-4-8-12-19)14-13-20(29-17)24(25)21(31(2)27)15-23(30-26)32(28)16-18-9-5-3-6-10-18/h3,5-6,9-10,13-14,19H,4,7-8,11-12,15-16,25-28H2,1-2H3/b24-21-,30-23-. The lowest BCUT2D eigenvalue weighted by Crippen LogP contribution is -2.40. The first-order valence-electron chi connectivity index (χ1n) is 11.3. The van der Waals surface area contributed by atoms with Gasteiger partial charge in [0.15, 0.2) is 0 Å². The lowest BCUT2D eigenvalue weighted by molar-refractivity contribution is 0.153. The van der Waals surface area contributed by atoms with E-state index in [1.54, 1.807) is 7.05 Å². The van der Waals surface area contributed by atoms with Crippen molar-refractivity contribution in [2.45, 2.75) is 58.1 Å². The first-order chi connectivity index (χ1) is 15.9. The number of rotatable bonds is 8. The fourth-order valence-corrected chi connectivity index (χ4v) is 3.99. The van der Waals surface area contributed by atoms with Crippen molar-refractivity contribution in [3.8, 4) is 5.75 Å². The minimum Gasteiger partial charge on any atom is -0.489 e. The van der Waals surface area contributed by atoms with E-state index in [-0.39, 0.29) is 12.5 Å². The lowest BCUT2D eigenvalue weighted by Gasteiger charge is -2.25. The zero-order valence-electron chi connectivity index (χ0n) is 19.6. The van der Waals surface area contributed by atoms with Gasteiger partial charge in [-0.05, 0) is 50.3 Å². The maximum absolute atomic E-state index is 6.50. The number of aromatic nitrogens is 1. The third-order valence-electron chi connectivity index (χ3n) is 5.90. The molecule has 1 saturated carbocycles. The van der Waals surface area contributed by atoms with Crippen LogP contribution in [0.3, 0.4) is 0 Å². The number of hydrazone groups is 1. The van der Waals surface area contributed by atoms with E-state index in [9.17, 15) is 0 Å². The van der Waals surface area contributed by atoms with Crippen LogP contribution >= 0.6 is 0 Å². The molecule has 0 bridgehead atoms. The summed E-state index contributed by atoms with van der Waals surface area (Å²) < 4.78 is 6.19. The fraction of sp³-hybridized carbons (Fsp3) is 0.417. The summed E-state index contributed by atoms with van der Waals surface area (Å²) in [5.41, 5.74) is 9.97. The summed E-state index contributed by atoms with van der Waals surface area (Å²) in [5.74, 6) is 19.3. The second kappa shape index (κ2) is 11.5. The molecule has 3 rings (SSSR count). The number of nitrogens with two attached hydrogens (primary N) is 4. The molecule has 0 aliphatic heterocycles. The van der Waals surface area contributed by atoms with Gasteiger partial charge in [0, 0.05) is 7.05 Å². The summed E-state index contributed by atoms with van der Waals surface area (Å²) in [4.78, 5) is 4.68. The summed E-state index contributed by atoms with van der Waals surface area (Å²) in [7, 11) is 1.71. The molecule has 1 aromatic carbocycles. The number of pyridine rings is 1. The third kappa shape index (κ3) is 6.59. The molecule has 1 heterocycles. The molecule has 9 nitrogen and oxygen atoms in total. The van der Waals surface area contributed by atoms with Gasteiger partial charge in [0.05, 0.1) is 41.9 Å². The van der Waals surface area contributed by atoms with Gasteiger partial charge < -0.3 is 21.3 Å². The van der Waals surface area contributed by atoms with Gasteiger partial charge in [-0.2, -0.15) is 5.10 Å². The van der Waals surface area contributed by atoms with E-state index in [0.717, 1.165) is 29.8 Å². The Morgan fingerprint density at radius 2 is 1.79 bits per heavy atom. The average Bonchev–Trinajstić information content (AvgIpc) is 2.81. The SMILES string of the molecule is Cc1nc(/C(N)=C(\C/C(=N/N)N(N)Cc2ccccc2)N(C)N)ccc1OC1CCCCC1. The fourth-order valence-electron chi connectivity index (χ4n) is 3.99. The zero-order valence-corrected chi connectivity index (χ0v) is 19.6. The van der Waals surface area contributed by atoms with Crippen LogP contribution in [0.15, 0.2) is 53.3 Å². The predicted octanol–water partition coefficient (Wildman–Crippen LogP) is 2.57. The maximum Gasteiger partial charge on any atom is 0.144 e. The highest BCUT2D eigenvalue weighted by Crippen LogP contribution is 2.26. The van der Waals surface area contributed by atoms with Crippen molar-refractivity contribution in [1.29, 1.82) is 0 Å². The van der Waals surface area contributed by atoms with Crippen LogP contribution in [0.2, 0.25) is 0 Å². The van der Waals surface area contributed by atoms with E-state index in [1.807, 2.05) is 49.4 Å². The average molecular weight is 453 g/mol. The molecule has 2 aromatic rings. The number of hydrazine groups is 2. The Bertz CT molecular complexity index is 968. The highest BCUT2D eigenvalue weighted by Gasteiger charge is 2.19. The van der Waals surface area contributed by atoms with Gasteiger partial charge in [-0.3, -0.25) is 5.01 Å². The molecule has 0 radical (unpaired) electrons. The van der Waals surface area contributed by atoms with E-state index in [1.165, 1.54) is 29.3 Å². The highest BCUT2D eigenvalue weighted by molar-refractivity contribution is 5.85. The molecule has 0 unspecified atom stereocenters. The van der Waals surface area contributed by atoms with Crippen molar-refractivity contribution in [3.63, 3.8) is 0 Å². The summed E-state index contributed by atoms with van der Waals surface area (Å²) in [5, 5.41) is 6.82. The van der Waals surface area contributed by atoms with Crippen molar-refractivity contribution in [2.24, 2.45) is 28.4 Å². The van der Waals surface area contributed by atoms with Crippen molar-refractivity contribution >= 4 is 11.5 Å². The van der Waals surface area contributed by atoms with Crippen LogP contribution in [0.1, 0.15) is 55.5 Å². The minimum absolute atomic E-state index is 0.250. The Labute approximate surface area is 196 Å². The first kappa shape index (κ1) is 24.3. The third-order valence-corrected chi connectivity index (χ3v) is 5.90. The molecule has 0 saturated heterocycles. The van der Waals surface area contributed by atoms with Gasteiger partial charge in [-0.15, -0.1) is 0 Å². The van der Waals surface area contributed by atoms with E-state index >= 15 is 0 Å². The smallest absolute Gasteiger partial charge is 0.144 e. The number of ether oxygens (including phenoxy) is 1. The molecule has 0 amide bonds. The van der Waals surface area contributed by atoms with Crippen LogP contribution in [0.25, 0.3) is 5.70 Å². The van der Waals surface area contributed by atoms with Crippen molar-refractivity contribution in [3.05, 3.63) is 65.1 Å². The largest absolute Gasteiger partial charge is 0.489 e. The van der Waals surface area contributed by atoms with E-state index in [0.29, 0.717) is 29.5 Å². The number of amidine groups is 1. The van der Waals surface area contributed by atoms with Gasteiger partial charge in [-0.25, -0.2) is 16.7 Å². The van der Waals surface area contributed by atoms with E-state index < -0.39 is 0 Å². The van der Waals surface area contributed by atoms with Crippen LogP contribution in [0, 0.1) is 6.92 Å². The van der Waals surface area contributed by atoms with Crippen molar-refractivity contribution in [1.82, 2.24) is 15.0 Å². The number of hydrogen-bond acceptors (Lipinski definition) is 8. The predicted molar refractivity (Wildman–Crippen MR) is 132 cm³/mol. The number of nitrogens with zero attached hydrogens (tertiary/aromatic N) is 4. The molecular weight excluding hydrogens is 416 g/mol. The van der Waals surface area contributed by atoms with Crippen molar-refractivity contribution in [2.75, 3.05) is 7.05 Å². The summed E-state index contributed by atoms with van der Waals surface area (Å²) in [6, 6.07) is 13.6. The van der Waals surface area contributed by atoms with Crippen LogP contribution < -0.4 is 28.0 Å². The number of aryl methyl sites for hydroxylation is 1. The zero-order chi connectivity index (χ0) is 23.8. The van der Waals surface area contributed by atoms with Crippen LogP contribution in [-0.2, 0) is 6.54 Å². The molecule has 1 aliphatic carbocycles. The van der Waals surface area contributed by atoms with E-state index in [4.69, 9.17) is 28.0 Å². The molecule has 9 heteroatoms. The molecule has 1 fully saturated rings. The monoisotopic (exact) mass is 452 g/mol. The second-order valence-electron chi connectivity index (χ2n) is 8.46. The molecule has 0 atom stereocenters. The molecule has 0 spiro atoms. The highest BCUT2D eigenvalue weighted by atomic mass is 16.5. The topological polar surface area (TPSA) is 145 Å². The summed E-state index contributed by atoms with van der Waals surface area (Å²) in [6.07, 6.45) is 6.39. The van der Waals surface area contributed by atoms with Gasteiger partial charge >= 0.3 is 0 Å². The van der Waals surface area contributed by atoms with Gasteiger partial charge in [0.2, 0.25) is 0 Å². The van der Waals surface area contributed by atoms with E-state index in [2.05, 4.69) is 10.1 Å².